The van der Waals surface area contributed by atoms with Crippen LogP contribution in [0.2, 0.25) is 0 Å². The van der Waals surface area contributed by atoms with Gasteiger partial charge in [-0.2, -0.15) is 10.1 Å². The van der Waals surface area contributed by atoms with Gasteiger partial charge in [0, 0.05) is 37.1 Å². The van der Waals surface area contributed by atoms with Gasteiger partial charge in [-0.1, -0.05) is 17.3 Å². The molecule has 164 valence electrons. The number of nitrogens with zero attached hydrogens (tertiary/aromatic N) is 6. The van der Waals surface area contributed by atoms with E-state index in [4.69, 9.17) is 9.26 Å². The van der Waals surface area contributed by atoms with Crippen molar-refractivity contribution < 1.29 is 14.1 Å². The van der Waals surface area contributed by atoms with Crippen LogP contribution in [0.5, 0.6) is 0 Å². The molecule has 2 aliphatic rings. The number of aromatic nitrogens is 4. The van der Waals surface area contributed by atoms with Crippen LogP contribution in [-0.4, -0.2) is 62.7 Å². The largest absolute Gasteiger partial charge is 0.444 e. The molecule has 0 spiro atoms. The summed E-state index contributed by atoms with van der Waals surface area (Å²) in [6.45, 7) is 7.97. The van der Waals surface area contributed by atoms with Crippen LogP contribution < -0.4 is 4.90 Å². The molecule has 1 saturated carbocycles. The minimum atomic E-state index is -0.495. The van der Waals surface area contributed by atoms with Crippen molar-refractivity contribution in [2.75, 3.05) is 31.1 Å². The van der Waals surface area contributed by atoms with Crippen LogP contribution in [0.1, 0.15) is 46.1 Å². The van der Waals surface area contributed by atoms with E-state index in [0.29, 0.717) is 44.1 Å². The van der Waals surface area contributed by atoms with Crippen molar-refractivity contribution in [3.63, 3.8) is 0 Å². The van der Waals surface area contributed by atoms with Gasteiger partial charge in [0.05, 0.1) is 17.8 Å². The van der Waals surface area contributed by atoms with Crippen LogP contribution in [0.25, 0.3) is 22.3 Å². The van der Waals surface area contributed by atoms with E-state index in [1.807, 2.05) is 37.9 Å². The summed E-state index contributed by atoms with van der Waals surface area (Å²) in [7, 11) is 0. The van der Waals surface area contributed by atoms with Gasteiger partial charge in [-0.25, -0.2) is 4.79 Å². The van der Waals surface area contributed by atoms with Gasteiger partial charge in [0.25, 0.3) is 0 Å². The minimum Gasteiger partial charge on any atom is -0.444 e. The third-order valence-electron chi connectivity index (χ3n) is 5.89. The zero-order valence-corrected chi connectivity index (χ0v) is 18.2. The molecule has 3 aromatic rings. The number of anilines is 1. The van der Waals surface area contributed by atoms with Gasteiger partial charge in [-0.15, -0.1) is 0 Å². The second-order valence-electron chi connectivity index (χ2n) is 9.30. The maximum Gasteiger partial charge on any atom is 0.410 e. The molecule has 9 heteroatoms. The standard InChI is InChI=1S/C22H28N6O3/c1-22(2,3)30-21(29)27-11-9-26(10-12-27)20-24-19(25-31-20)15-7-8-16-14-23-28(18(16)13-15)17-5-4-6-17/h7-8,13-14,17H,4-6,9-12H2,1-3H3. The predicted octanol–water partition coefficient (Wildman–Crippen LogP) is 3.87. The highest BCUT2D eigenvalue weighted by atomic mass is 16.6. The summed E-state index contributed by atoms with van der Waals surface area (Å²) in [5.74, 6) is 0.563. The molecule has 1 amide bonds. The lowest BCUT2D eigenvalue weighted by Crippen LogP contribution is -2.50. The molecular weight excluding hydrogens is 396 g/mol. The Morgan fingerprint density at radius 1 is 1.16 bits per heavy atom. The van der Waals surface area contributed by atoms with Crippen molar-refractivity contribution in [1.29, 1.82) is 0 Å². The van der Waals surface area contributed by atoms with E-state index in [9.17, 15) is 4.79 Å². The summed E-state index contributed by atoms with van der Waals surface area (Å²) in [5.41, 5.74) is 1.53. The van der Waals surface area contributed by atoms with Crippen molar-refractivity contribution >= 4 is 23.0 Å². The molecule has 5 rings (SSSR count). The Labute approximate surface area is 180 Å². The van der Waals surface area contributed by atoms with Crippen molar-refractivity contribution in [3.05, 3.63) is 24.4 Å². The van der Waals surface area contributed by atoms with Crippen LogP contribution in [0, 0.1) is 0 Å². The number of fused-ring (bicyclic) bond motifs is 1. The zero-order valence-electron chi connectivity index (χ0n) is 18.2. The Hall–Kier alpha value is -3.10. The van der Waals surface area contributed by atoms with Crippen molar-refractivity contribution in [3.8, 4) is 11.4 Å². The summed E-state index contributed by atoms with van der Waals surface area (Å²) in [5, 5.41) is 9.90. The number of piperazine rings is 1. The Bertz CT molecular complexity index is 1090. The first-order valence-electron chi connectivity index (χ1n) is 10.9. The maximum absolute atomic E-state index is 12.3. The summed E-state index contributed by atoms with van der Waals surface area (Å²) in [6, 6.07) is 7.13. The Morgan fingerprint density at radius 3 is 2.61 bits per heavy atom. The number of carbonyl (C=O) groups is 1. The van der Waals surface area contributed by atoms with Crippen molar-refractivity contribution in [2.45, 2.75) is 51.7 Å². The molecular formula is C22H28N6O3. The normalized spacial score (nSPS) is 17.8. The fourth-order valence-corrected chi connectivity index (χ4v) is 3.97. The van der Waals surface area contributed by atoms with Gasteiger partial charge < -0.3 is 19.1 Å². The van der Waals surface area contributed by atoms with Gasteiger partial charge in [-0.3, -0.25) is 4.68 Å². The third-order valence-corrected chi connectivity index (χ3v) is 5.89. The Balaban J connectivity index is 1.28. The molecule has 31 heavy (non-hydrogen) atoms. The fourth-order valence-electron chi connectivity index (χ4n) is 3.97. The molecule has 0 bridgehead atoms. The highest BCUT2D eigenvalue weighted by Gasteiger charge is 2.28. The maximum atomic E-state index is 12.3. The Kier molecular flexibility index (Phi) is 4.83. The van der Waals surface area contributed by atoms with E-state index in [1.165, 1.54) is 19.3 Å². The second-order valence-corrected chi connectivity index (χ2v) is 9.30. The third kappa shape index (κ3) is 3.96. The number of rotatable bonds is 3. The highest BCUT2D eigenvalue weighted by molar-refractivity contribution is 5.83. The summed E-state index contributed by atoms with van der Waals surface area (Å²) >= 11 is 0. The quantitative estimate of drug-likeness (QED) is 0.630. The lowest BCUT2D eigenvalue weighted by Gasteiger charge is -2.34. The van der Waals surface area contributed by atoms with E-state index in [2.05, 4.69) is 32.1 Å². The van der Waals surface area contributed by atoms with Crippen LogP contribution in [-0.2, 0) is 4.74 Å². The molecule has 2 fully saturated rings. The molecule has 0 N–H and O–H groups in total. The van der Waals surface area contributed by atoms with Gasteiger partial charge in [0.2, 0.25) is 5.82 Å². The van der Waals surface area contributed by atoms with Crippen LogP contribution in [0.15, 0.2) is 28.9 Å². The van der Waals surface area contributed by atoms with Crippen molar-refractivity contribution in [2.24, 2.45) is 0 Å². The minimum absolute atomic E-state index is 0.283. The summed E-state index contributed by atoms with van der Waals surface area (Å²) < 4.78 is 13.1. The van der Waals surface area contributed by atoms with Gasteiger partial charge in [0.1, 0.15) is 5.60 Å². The van der Waals surface area contributed by atoms with Crippen LogP contribution in [0.3, 0.4) is 0 Å². The zero-order chi connectivity index (χ0) is 21.6. The van der Waals surface area contributed by atoms with E-state index in [1.54, 1.807) is 4.90 Å². The topological polar surface area (TPSA) is 89.5 Å². The second kappa shape index (κ2) is 7.55. The molecule has 0 radical (unpaired) electrons. The van der Waals surface area contributed by atoms with Crippen LogP contribution >= 0.6 is 0 Å². The van der Waals surface area contributed by atoms with Gasteiger partial charge >= 0.3 is 12.1 Å². The number of hydrogen-bond donors (Lipinski definition) is 0. The van der Waals surface area contributed by atoms with E-state index in [0.717, 1.165) is 16.5 Å². The highest BCUT2D eigenvalue weighted by Crippen LogP contribution is 2.34. The van der Waals surface area contributed by atoms with Crippen LogP contribution in [0.4, 0.5) is 10.8 Å². The summed E-state index contributed by atoms with van der Waals surface area (Å²) in [4.78, 5) is 20.6. The monoisotopic (exact) mass is 424 g/mol. The number of ether oxygens (including phenoxy) is 1. The van der Waals surface area contributed by atoms with E-state index in [-0.39, 0.29) is 6.09 Å². The lowest BCUT2D eigenvalue weighted by atomic mass is 9.93. The first kappa shape index (κ1) is 19.8. The molecule has 0 unspecified atom stereocenters. The number of benzene rings is 1. The molecule has 9 nitrogen and oxygen atoms in total. The number of carbonyl (C=O) groups excluding carboxylic acids is 1. The van der Waals surface area contributed by atoms with E-state index < -0.39 is 5.60 Å². The SMILES string of the molecule is CC(C)(C)OC(=O)N1CCN(c2nc(-c3ccc4cnn(C5CCC5)c4c3)no2)CC1. The molecule has 1 aliphatic carbocycles. The predicted molar refractivity (Wildman–Crippen MR) is 116 cm³/mol. The average Bonchev–Trinajstić information content (AvgIpc) is 3.33. The van der Waals surface area contributed by atoms with Crippen molar-refractivity contribution in [1.82, 2.24) is 24.8 Å². The molecule has 2 aromatic heterocycles. The first-order chi connectivity index (χ1) is 14.9. The Morgan fingerprint density at radius 2 is 1.94 bits per heavy atom. The van der Waals surface area contributed by atoms with Gasteiger partial charge in [-0.05, 0) is 46.1 Å². The summed E-state index contributed by atoms with van der Waals surface area (Å²) in [6.07, 6.45) is 5.27. The number of amides is 1. The molecule has 0 atom stereocenters. The van der Waals surface area contributed by atoms with E-state index >= 15 is 0 Å². The molecule has 1 aromatic carbocycles. The smallest absolute Gasteiger partial charge is 0.410 e. The lowest BCUT2D eigenvalue weighted by molar-refractivity contribution is 0.0238. The fraction of sp³-hybridized carbons (Fsp3) is 0.545. The average molecular weight is 425 g/mol. The molecule has 1 saturated heterocycles. The molecule has 3 heterocycles. The molecule has 1 aliphatic heterocycles. The number of hydrogen-bond acceptors (Lipinski definition) is 7. The first-order valence-corrected chi connectivity index (χ1v) is 10.9. The van der Waals surface area contributed by atoms with Gasteiger partial charge in [0.15, 0.2) is 0 Å².